The first-order valence-corrected chi connectivity index (χ1v) is 10.3. The van der Waals surface area contributed by atoms with E-state index >= 15 is 0 Å². The van der Waals surface area contributed by atoms with Gasteiger partial charge in [0.1, 0.15) is 5.69 Å². The molecule has 3 heterocycles. The highest BCUT2D eigenvalue weighted by atomic mass is 32.1. The highest BCUT2D eigenvalue weighted by Crippen LogP contribution is 2.23. The van der Waals surface area contributed by atoms with Gasteiger partial charge in [0.2, 0.25) is 0 Å². The van der Waals surface area contributed by atoms with Crippen LogP contribution in [0.5, 0.6) is 0 Å². The van der Waals surface area contributed by atoms with E-state index in [9.17, 15) is 0 Å². The largest absolute Gasteiger partial charge is 0.372 e. The molecule has 0 radical (unpaired) electrons. The maximum atomic E-state index is 5.60. The van der Waals surface area contributed by atoms with E-state index in [1.807, 2.05) is 18.3 Å². The molecule has 0 bridgehead atoms. The summed E-state index contributed by atoms with van der Waals surface area (Å²) in [5, 5.41) is 5.28. The number of nitrogens with zero attached hydrogens (tertiary/aromatic N) is 5. The summed E-state index contributed by atoms with van der Waals surface area (Å²) in [6, 6.07) is 12.5. The molecule has 0 unspecified atom stereocenters. The van der Waals surface area contributed by atoms with Gasteiger partial charge in [0.15, 0.2) is 5.11 Å². The fraction of sp³-hybridized carbons (Fsp3) is 0.318. The zero-order chi connectivity index (χ0) is 20.2. The summed E-state index contributed by atoms with van der Waals surface area (Å²) < 4.78 is 0. The molecule has 0 spiro atoms. The third-order valence-electron chi connectivity index (χ3n) is 5.50. The van der Waals surface area contributed by atoms with Crippen molar-refractivity contribution >= 4 is 40.5 Å². The Hall–Kier alpha value is -2.93. The molecule has 29 heavy (non-hydrogen) atoms. The number of nitrogens with one attached hydrogen (secondary N) is 1. The number of anilines is 2. The van der Waals surface area contributed by atoms with E-state index in [0.29, 0.717) is 5.11 Å². The molecule has 2 aliphatic heterocycles. The molecule has 2 aliphatic rings. The molecular formula is C22H26N6S. The topological polar surface area (TPSA) is 47.0 Å². The predicted molar refractivity (Wildman–Crippen MR) is 125 cm³/mol. The highest BCUT2D eigenvalue weighted by molar-refractivity contribution is 7.80. The summed E-state index contributed by atoms with van der Waals surface area (Å²) in [4.78, 5) is 11.3. The third-order valence-corrected chi connectivity index (χ3v) is 5.85. The maximum absolute atomic E-state index is 5.60. The number of piperazine rings is 1. The van der Waals surface area contributed by atoms with Crippen LogP contribution in [-0.4, -0.2) is 60.5 Å². The van der Waals surface area contributed by atoms with Crippen LogP contribution in [0.1, 0.15) is 17.7 Å². The van der Waals surface area contributed by atoms with Crippen LogP contribution in [0, 0.1) is 0 Å². The Morgan fingerprint density at radius 3 is 2.62 bits per heavy atom. The number of hydrogen-bond acceptors (Lipinski definition) is 5. The number of hydrogen-bond donors (Lipinski definition) is 1. The van der Waals surface area contributed by atoms with Gasteiger partial charge in [-0.1, -0.05) is 24.8 Å². The molecule has 1 N–H and O–H groups in total. The van der Waals surface area contributed by atoms with Crippen molar-refractivity contribution in [2.24, 2.45) is 5.10 Å². The first-order chi connectivity index (χ1) is 14.2. The van der Waals surface area contributed by atoms with Gasteiger partial charge in [-0.2, -0.15) is 5.10 Å². The Kier molecular flexibility index (Phi) is 5.76. The van der Waals surface area contributed by atoms with E-state index in [2.05, 4.69) is 74.2 Å². The van der Waals surface area contributed by atoms with Crippen molar-refractivity contribution in [3.8, 4) is 0 Å². The fourth-order valence-corrected chi connectivity index (χ4v) is 3.95. The number of rotatable bonds is 3. The minimum Gasteiger partial charge on any atom is -0.372 e. The summed E-state index contributed by atoms with van der Waals surface area (Å²) in [6.07, 6.45) is 4.53. The monoisotopic (exact) mass is 406 g/mol. The minimum atomic E-state index is 0.676. The van der Waals surface area contributed by atoms with Crippen molar-refractivity contribution in [3.63, 3.8) is 0 Å². The van der Waals surface area contributed by atoms with Crippen LogP contribution in [0.3, 0.4) is 0 Å². The Labute approximate surface area is 177 Å². The molecule has 0 amide bonds. The lowest BCUT2D eigenvalue weighted by atomic mass is 10.1. The average Bonchev–Trinajstić information content (AvgIpc) is 2.79. The van der Waals surface area contributed by atoms with E-state index in [0.717, 1.165) is 61.8 Å². The Morgan fingerprint density at radius 2 is 1.90 bits per heavy atom. The molecule has 0 aliphatic carbocycles. The summed E-state index contributed by atoms with van der Waals surface area (Å²) in [6.45, 7) is 8.35. The van der Waals surface area contributed by atoms with Gasteiger partial charge in [-0.05, 0) is 42.0 Å². The number of pyridine rings is 1. The Bertz CT molecular complexity index is 915. The zero-order valence-electron chi connectivity index (χ0n) is 16.7. The van der Waals surface area contributed by atoms with Crippen LogP contribution < -0.4 is 15.2 Å². The lowest BCUT2D eigenvalue weighted by Gasteiger charge is -2.37. The van der Waals surface area contributed by atoms with Crippen LogP contribution in [-0.2, 0) is 0 Å². The summed E-state index contributed by atoms with van der Waals surface area (Å²) in [5.41, 5.74) is 8.49. The second-order valence-corrected chi connectivity index (χ2v) is 7.67. The second kappa shape index (κ2) is 8.61. The molecule has 6 nitrogen and oxygen atoms in total. The maximum Gasteiger partial charge on any atom is 0.189 e. The Morgan fingerprint density at radius 1 is 1.14 bits per heavy atom. The van der Waals surface area contributed by atoms with Gasteiger partial charge in [-0.15, -0.1) is 0 Å². The van der Waals surface area contributed by atoms with E-state index in [1.54, 1.807) is 0 Å². The van der Waals surface area contributed by atoms with Crippen molar-refractivity contribution in [2.75, 3.05) is 49.6 Å². The molecule has 1 saturated heterocycles. The summed E-state index contributed by atoms with van der Waals surface area (Å²) in [5.74, 6) is 0. The smallest absolute Gasteiger partial charge is 0.189 e. The molecule has 1 aromatic heterocycles. The number of benzene rings is 1. The lowest BCUT2D eigenvalue weighted by molar-refractivity contribution is 0.381. The molecule has 0 atom stereocenters. The number of thiocarbonyl (C=S) groups is 1. The van der Waals surface area contributed by atoms with Crippen molar-refractivity contribution < 1.29 is 0 Å². The van der Waals surface area contributed by atoms with Crippen LogP contribution in [0.25, 0.3) is 6.08 Å². The molecular weight excluding hydrogens is 380 g/mol. The lowest BCUT2D eigenvalue weighted by Crippen LogP contribution is -2.51. The van der Waals surface area contributed by atoms with Gasteiger partial charge < -0.3 is 14.7 Å². The molecule has 1 aromatic carbocycles. The molecule has 4 rings (SSSR count). The molecule has 1 fully saturated rings. The molecule has 2 aromatic rings. The quantitative estimate of drug-likeness (QED) is 0.625. The van der Waals surface area contributed by atoms with E-state index < -0.39 is 0 Å². The van der Waals surface area contributed by atoms with Crippen LogP contribution in [0.15, 0.2) is 54.3 Å². The highest BCUT2D eigenvalue weighted by Gasteiger charge is 2.22. The van der Waals surface area contributed by atoms with Gasteiger partial charge in [0.05, 0.1) is 11.4 Å². The fourth-order valence-electron chi connectivity index (χ4n) is 3.72. The zero-order valence-corrected chi connectivity index (χ0v) is 17.5. The SMILES string of the molecule is C=Cc1ccc(N2CCN(C(=S)N/N=C3/CCN(C)c4cccnc43)CC2)cc1. The van der Waals surface area contributed by atoms with Crippen LogP contribution >= 0.6 is 12.2 Å². The number of hydrazone groups is 1. The third kappa shape index (κ3) is 4.24. The van der Waals surface area contributed by atoms with Crippen LogP contribution in [0.2, 0.25) is 0 Å². The van der Waals surface area contributed by atoms with Gasteiger partial charge in [0, 0.05) is 58.1 Å². The Balaban J connectivity index is 1.35. The first kappa shape index (κ1) is 19.4. The van der Waals surface area contributed by atoms with Crippen molar-refractivity contribution in [2.45, 2.75) is 6.42 Å². The van der Waals surface area contributed by atoms with Crippen molar-refractivity contribution in [1.82, 2.24) is 15.3 Å². The minimum absolute atomic E-state index is 0.676. The normalized spacial score (nSPS) is 17.8. The van der Waals surface area contributed by atoms with Gasteiger partial charge >= 0.3 is 0 Å². The standard InChI is InChI=1S/C22H26N6S/c1-3-17-6-8-18(9-7-17)27-13-15-28(16-14-27)22(29)25-24-19-10-12-26(2)20-5-4-11-23-21(19)20/h3-9,11H,1,10,12-16H2,2H3,(H,25,29)/b24-19-. The van der Waals surface area contributed by atoms with E-state index in [4.69, 9.17) is 12.2 Å². The first-order valence-electron chi connectivity index (χ1n) is 9.91. The van der Waals surface area contributed by atoms with Gasteiger partial charge in [-0.3, -0.25) is 10.4 Å². The number of fused-ring (bicyclic) bond motifs is 1. The number of aromatic nitrogens is 1. The van der Waals surface area contributed by atoms with E-state index in [-0.39, 0.29) is 0 Å². The molecule has 7 heteroatoms. The van der Waals surface area contributed by atoms with Gasteiger partial charge in [-0.25, -0.2) is 0 Å². The molecule has 150 valence electrons. The van der Waals surface area contributed by atoms with Gasteiger partial charge in [0.25, 0.3) is 0 Å². The summed E-state index contributed by atoms with van der Waals surface area (Å²) >= 11 is 5.60. The van der Waals surface area contributed by atoms with Crippen LogP contribution in [0.4, 0.5) is 11.4 Å². The predicted octanol–water partition coefficient (Wildman–Crippen LogP) is 2.97. The van der Waals surface area contributed by atoms with Crippen molar-refractivity contribution in [1.29, 1.82) is 0 Å². The average molecular weight is 407 g/mol. The summed E-state index contributed by atoms with van der Waals surface area (Å²) in [7, 11) is 2.08. The van der Waals surface area contributed by atoms with Crippen molar-refractivity contribution in [3.05, 3.63) is 60.4 Å². The van der Waals surface area contributed by atoms with E-state index in [1.165, 1.54) is 5.69 Å². The second-order valence-electron chi connectivity index (χ2n) is 7.29. The molecule has 0 saturated carbocycles.